The van der Waals surface area contributed by atoms with Crippen LogP contribution in [0.4, 0.5) is 0 Å². The van der Waals surface area contributed by atoms with Gasteiger partial charge in [-0.1, -0.05) is 17.7 Å². The van der Waals surface area contributed by atoms with E-state index in [1.54, 1.807) is 6.07 Å². The molecule has 0 amide bonds. The number of halogens is 1. The van der Waals surface area contributed by atoms with Gasteiger partial charge in [0.25, 0.3) is 5.78 Å². The Morgan fingerprint density at radius 1 is 1.15 bits per heavy atom. The Morgan fingerprint density at radius 2 is 1.95 bits per heavy atom. The number of hydrogen-bond acceptors (Lipinski definition) is 4. The zero-order chi connectivity index (χ0) is 14.3. The molecule has 2 heterocycles. The average molecular weight is 289 g/mol. The molecular formula is C14H13ClN4O. The fourth-order valence-corrected chi connectivity index (χ4v) is 2.22. The van der Waals surface area contributed by atoms with E-state index in [-0.39, 0.29) is 0 Å². The Labute approximate surface area is 121 Å². The monoisotopic (exact) mass is 288 g/mol. The molecule has 0 unspecified atom stereocenters. The van der Waals surface area contributed by atoms with Crippen molar-refractivity contribution in [3.8, 4) is 11.6 Å². The van der Waals surface area contributed by atoms with E-state index in [2.05, 4.69) is 28.1 Å². The van der Waals surface area contributed by atoms with Gasteiger partial charge >= 0.3 is 0 Å². The second-order valence-electron chi connectivity index (χ2n) is 4.70. The van der Waals surface area contributed by atoms with Gasteiger partial charge in [0.15, 0.2) is 0 Å². The second kappa shape index (κ2) is 4.76. The zero-order valence-corrected chi connectivity index (χ0v) is 12.1. The number of benzene rings is 1. The van der Waals surface area contributed by atoms with E-state index in [0.717, 1.165) is 16.9 Å². The highest BCUT2D eigenvalue weighted by atomic mass is 35.5. The van der Waals surface area contributed by atoms with E-state index >= 15 is 0 Å². The maximum Gasteiger partial charge on any atom is 0.256 e. The van der Waals surface area contributed by atoms with E-state index in [1.807, 2.05) is 19.9 Å². The van der Waals surface area contributed by atoms with E-state index in [4.69, 9.17) is 16.3 Å². The summed E-state index contributed by atoms with van der Waals surface area (Å²) in [4.78, 5) is 8.09. The van der Waals surface area contributed by atoms with Crippen LogP contribution in [0.15, 0.2) is 24.5 Å². The molecule has 0 bridgehead atoms. The normalized spacial score (nSPS) is 11.0. The quantitative estimate of drug-likeness (QED) is 0.677. The van der Waals surface area contributed by atoms with Gasteiger partial charge in [0, 0.05) is 6.07 Å². The molecule has 0 fully saturated rings. The zero-order valence-electron chi connectivity index (χ0n) is 11.4. The smallest absolute Gasteiger partial charge is 0.256 e. The number of fused-ring (bicyclic) bond motifs is 1. The summed E-state index contributed by atoms with van der Waals surface area (Å²) in [6, 6.07) is 5.73. The third kappa shape index (κ3) is 2.20. The van der Waals surface area contributed by atoms with Crippen LogP contribution in [0.1, 0.15) is 16.7 Å². The number of hydrogen-bond donors (Lipinski definition) is 0. The summed E-state index contributed by atoms with van der Waals surface area (Å²) in [5.74, 6) is 1.68. The lowest BCUT2D eigenvalue weighted by Crippen LogP contribution is -1.99. The van der Waals surface area contributed by atoms with Gasteiger partial charge in [-0.15, -0.1) is 0 Å². The van der Waals surface area contributed by atoms with Crippen molar-refractivity contribution < 1.29 is 4.74 Å². The molecule has 3 aromatic rings. The summed E-state index contributed by atoms with van der Waals surface area (Å²) in [5.41, 5.74) is 3.39. The summed E-state index contributed by atoms with van der Waals surface area (Å²) >= 11 is 5.98. The fraction of sp³-hybridized carbons (Fsp3) is 0.214. The number of aromatic nitrogens is 4. The van der Waals surface area contributed by atoms with Crippen molar-refractivity contribution in [2.24, 2.45) is 0 Å². The summed E-state index contributed by atoms with van der Waals surface area (Å²) in [5, 5.41) is 4.41. The molecule has 0 atom stereocenters. The highest BCUT2D eigenvalue weighted by Gasteiger charge is 2.11. The average Bonchev–Trinajstić information content (AvgIpc) is 2.83. The maximum atomic E-state index is 5.98. The predicted octanol–water partition coefficient (Wildman–Crippen LogP) is 3.50. The van der Waals surface area contributed by atoms with E-state index < -0.39 is 0 Å². The lowest BCUT2D eigenvalue weighted by atomic mass is 10.1. The van der Waals surface area contributed by atoms with Crippen LogP contribution in [0.25, 0.3) is 5.78 Å². The first-order valence-electron chi connectivity index (χ1n) is 6.16. The van der Waals surface area contributed by atoms with E-state index in [0.29, 0.717) is 16.8 Å². The Kier molecular flexibility index (Phi) is 3.06. The van der Waals surface area contributed by atoms with Crippen LogP contribution in [0.3, 0.4) is 0 Å². The third-order valence-corrected chi connectivity index (χ3v) is 3.36. The fourth-order valence-electron chi connectivity index (χ4n) is 2.05. The molecule has 6 heteroatoms. The summed E-state index contributed by atoms with van der Waals surface area (Å²) in [6.07, 6.45) is 1.42. The molecule has 0 aliphatic rings. The molecule has 0 spiro atoms. The van der Waals surface area contributed by atoms with Gasteiger partial charge in [-0.3, -0.25) is 0 Å². The predicted molar refractivity (Wildman–Crippen MR) is 76.5 cm³/mol. The number of nitrogens with zero attached hydrogens (tertiary/aromatic N) is 4. The summed E-state index contributed by atoms with van der Waals surface area (Å²) < 4.78 is 7.48. The molecule has 1 aromatic carbocycles. The highest BCUT2D eigenvalue weighted by molar-refractivity contribution is 6.29. The van der Waals surface area contributed by atoms with Gasteiger partial charge in [-0.2, -0.15) is 19.6 Å². The lowest BCUT2D eigenvalue weighted by molar-refractivity contribution is 0.442. The SMILES string of the molecule is Cc1cc(C)c(C)c(Oc2cc(Cl)nc3ncnn23)c1. The number of ether oxygens (including phenoxy) is 1. The lowest BCUT2D eigenvalue weighted by Gasteiger charge is -2.12. The molecule has 3 rings (SSSR count). The molecule has 0 saturated carbocycles. The maximum absolute atomic E-state index is 5.98. The van der Waals surface area contributed by atoms with E-state index in [9.17, 15) is 0 Å². The Morgan fingerprint density at radius 3 is 2.75 bits per heavy atom. The van der Waals surface area contributed by atoms with Gasteiger partial charge in [-0.05, 0) is 43.5 Å². The van der Waals surface area contributed by atoms with Gasteiger partial charge in [0.1, 0.15) is 17.2 Å². The van der Waals surface area contributed by atoms with E-state index in [1.165, 1.54) is 16.4 Å². The van der Waals surface area contributed by atoms with Crippen LogP contribution in [0.2, 0.25) is 5.15 Å². The van der Waals surface area contributed by atoms with Crippen molar-refractivity contribution in [3.05, 3.63) is 46.4 Å². The first kappa shape index (κ1) is 12.9. The van der Waals surface area contributed by atoms with Gasteiger partial charge < -0.3 is 4.74 Å². The van der Waals surface area contributed by atoms with Crippen LogP contribution < -0.4 is 4.74 Å². The summed E-state index contributed by atoms with van der Waals surface area (Å²) in [7, 11) is 0. The molecule has 0 aliphatic heterocycles. The minimum atomic E-state index is 0.322. The van der Waals surface area contributed by atoms with Crippen molar-refractivity contribution in [1.29, 1.82) is 0 Å². The Balaban J connectivity index is 2.12. The molecule has 2 aromatic heterocycles. The number of rotatable bonds is 2. The molecule has 0 aliphatic carbocycles. The molecular weight excluding hydrogens is 276 g/mol. The van der Waals surface area contributed by atoms with Crippen LogP contribution in [-0.2, 0) is 0 Å². The van der Waals surface area contributed by atoms with Crippen molar-refractivity contribution in [3.63, 3.8) is 0 Å². The minimum absolute atomic E-state index is 0.322. The second-order valence-corrected chi connectivity index (χ2v) is 5.08. The van der Waals surface area contributed by atoms with Crippen LogP contribution >= 0.6 is 11.6 Å². The van der Waals surface area contributed by atoms with Crippen molar-refractivity contribution in [2.45, 2.75) is 20.8 Å². The molecule has 0 N–H and O–H groups in total. The van der Waals surface area contributed by atoms with Gasteiger partial charge in [0.05, 0.1) is 0 Å². The van der Waals surface area contributed by atoms with Crippen LogP contribution in [-0.4, -0.2) is 19.6 Å². The molecule has 0 radical (unpaired) electrons. The van der Waals surface area contributed by atoms with Crippen molar-refractivity contribution >= 4 is 17.4 Å². The highest BCUT2D eigenvalue weighted by Crippen LogP contribution is 2.29. The summed E-state index contributed by atoms with van der Waals surface area (Å²) in [6.45, 7) is 6.11. The molecule has 0 saturated heterocycles. The minimum Gasteiger partial charge on any atom is -0.438 e. The Hall–Kier alpha value is -2.14. The topological polar surface area (TPSA) is 52.3 Å². The van der Waals surface area contributed by atoms with Gasteiger partial charge in [-0.25, -0.2) is 0 Å². The molecule has 20 heavy (non-hydrogen) atoms. The van der Waals surface area contributed by atoms with Crippen LogP contribution in [0, 0.1) is 20.8 Å². The number of aryl methyl sites for hydroxylation is 2. The Bertz CT molecular complexity index is 797. The standard InChI is InChI=1S/C14H13ClN4O/c1-8-4-9(2)10(3)11(5-8)20-13-6-12(15)18-14-16-7-17-19(13)14/h4-7H,1-3H3. The van der Waals surface area contributed by atoms with Crippen LogP contribution in [0.5, 0.6) is 11.6 Å². The largest absolute Gasteiger partial charge is 0.438 e. The van der Waals surface area contributed by atoms with Crippen molar-refractivity contribution in [2.75, 3.05) is 0 Å². The third-order valence-electron chi connectivity index (χ3n) is 3.17. The first-order valence-corrected chi connectivity index (χ1v) is 6.54. The molecule has 5 nitrogen and oxygen atoms in total. The van der Waals surface area contributed by atoms with Crippen molar-refractivity contribution in [1.82, 2.24) is 19.6 Å². The first-order chi connectivity index (χ1) is 9.54. The van der Waals surface area contributed by atoms with Gasteiger partial charge in [0.2, 0.25) is 5.88 Å². The molecule has 102 valence electrons.